The molecule has 0 radical (unpaired) electrons. The van der Waals surface area contributed by atoms with E-state index in [1.807, 2.05) is 99.0 Å². The van der Waals surface area contributed by atoms with Crippen molar-refractivity contribution in [3.8, 4) is 5.75 Å². The second kappa shape index (κ2) is 13.3. The van der Waals surface area contributed by atoms with Gasteiger partial charge in [-0.2, -0.15) is 0 Å². The third kappa shape index (κ3) is 5.87. The van der Waals surface area contributed by atoms with Crippen molar-refractivity contribution in [3.63, 3.8) is 0 Å². The number of anilines is 2. The van der Waals surface area contributed by atoms with Crippen LogP contribution in [-0.2, 0) is 33.0 Å². The number of carbonyl (C=O) groups is 2. The summed E-state index contributed by atoms with van der Waals surface area (Å²) < 4.78 is 19.5. The van der Waals surface area contributed by atoms with Gasteiger partial charge in [0.15, 0.2) is 13.9 Å². The minimum absolute atomic E-state index is 0.0998. The lowest BCUT2D eigenvalue weighted by Crippen LogP contribution is -2.46. The maximum Gasteiger partial charge on any atom is 0.414 e. The highest BCUT2D eigenvalue weighted by Crippen LogP contribution is 2.60. The highest BCUT2D eigenvalue weighted by atomic mass is 28.4. The number of fused-ring (bicyclic) bond motifs is 2. The standard InChI is InChI=1S/C37H43N5O7Si/c1-24-34(50(3,4)46)33(15-16-40-22-31(38-39-40)29(23-43)26-10-6-5-7-11-26)49-37(24)30-20-28(47-2)13-14-32(30)42(35(37)44)21-25-9-8-12-27(19-25)41-17-18-48-36(41)45/h5-14,19-20,22,24,29,33-34,43,46H,15-18,21,23H2,1-4H3/t24-,29?,33+,34-,37+/m0/s1. The summed E-state index contributed by atoms with van der Waals surface area (Å²) in [6, 6.07) is 22.9. The fourth-order valence-corrected chi connectivity index (χ4v) is 10.7. The van der Waals surface area contributed by atoms with Crippen LogP contribution in [0.1, 0.15) is 41.6 Å². The van der Waals surface area contributed by atoms with E-state index in [0.29, 0.717) is 43.2 Å². The van der Waals surface area contributed by atoms with Crippen LogP contribution < -0.4 is 14.5 Å². The monoisotopic (exact) mass is 697 g/mol. The Labute approximate surface area is 292 Å². The summed E-state index contributed by atoms with van der Waals surface area (Å²) >= 11 is 0. The molecule has 4 heterocycles. The third-order valence-electron chi connectivity index (χ3n) is 10.5. The first-order valence-electron chi connectivity index (χ1n) is 17.0. The van der Waals surface area contributed by atoms with E-state index >= 15 is 0 Å². The Bertz CT molecular complexity index is 1880. The molecule has 3 aliphatic heterocycles. The van der Waals surface area contributed by atoms with Crippen LogP contribution in [0, 0.1) is 5.92 Å². The zero-order valence-electron chi connectivity index (χ0n) is 28.7. The fourth-order valence-electron chi connectivity index (χ4n) is 8.14. The van der Waals surface area contributed by atoms with Gasteiger partial charge in [0, 0.05) is 35.5 Å². The molecule has 13 heteroatoms. The van der Waals surface area contributed by atoms with E-state index in [4.69, 9.17) is 14.2 Å². The number of hydrogen-bond donors (Lipinski definition) is 2. The van der Waals surface area contributed by atoms with E-state index in [1.165, 1.54) is 0 Å². The normalized spacial score (nSPS) is 23.8. The van der Waals surface area contributed by atoms with Crippen LogP contribution in [0.4, 0.5) is 16.2 Å². The Morgan fingerprint density at radius 3 is 2.58 bits per heavy atom. The molecular weight excluding hydrogens is 655 g/mol. The molecule has 2 N–H and O–H groups in total. The lowest BCUT2D eigenvalue weighted by molar-refractivity contribution is -0.146. The number of aliphatic hydroxyl groups excluding tert-OH is 1. The molecule has 4 aromatic rings. The average Bonchev–Trinajstić information content (AvgIpc) is 3.87. The van der Waals surface area contributed by atoms with E-state index in [9.17, 15) is 19.5 Å². The summed E-state index contributed by atoms with van der Waals surface area (Å²) in [5, 5.41) is 18.9. The van der Waals surface area contributed by atoms with Gasteiger partial charge in [0.25, 0.3) is 5.91 Å². The SMILES string of the molecule is COc1ccc2c(c1)[C@@]1(O[C@H](CCn3cc(C(CO)c4ccccc4)nn3)[C@@H]([Si](C)(C)O)[C@@H]1C)C(=O)N2Cc1cccc(N2CCOC2=O)c1. The number of ether oxygens (including phenoxy) is 3. The molecule has 2 amide bonds. The molecule has 50 heavy (non-hydrogen) atoms. The first-order valence-corrected chi connectivity index (χ1v) is 20.1. The van der Waals surface area contributed by atoms with E-state index in [-0.39, 0.29) is 42.5 Å². The minimum atomic E-state index is -2.90. The maximum absolute atomic E-state index is 14.9. The smallest absolute Gasteiger partial charge is 0.414 e. The molecule has 12 nitrogen and oxygen atoms in total. The summed E-state index contributed by atoms with van der Waals surface area (Å²) in [5.74, 6) is -0.236. The van der Waals surface area contributed by atoms with Crippen molar-refractivity contribution in [2.75, 3.05) is 36.7 Å². The number of rotatable bonds is 11. The van der Waals surface area contributed by atoms with Crippen LogP contribution in [0.15, 0.2) is 79.0 Å². The van der Waals surface area contributed by atoms with Gasteiger partial charge in [0.05, 0.1) is 50.2 Å². The number of hydrogen-bond acceptors (Lipinski definition) is 9. The topological polar surface area (TPSA) is 139 Å². The quantitative estimate of drug-likeness (QED) is 0.212. The predicted molar refractivity (Wildman–Crippen MR) is 188 cm³/mol. The number of methoxy groups -OCH3 is 1. The third-order valence-corrected chi connectivity index (χ3v) is 13.0. The largest absolute Gasteiger partial charge is 0.497 e. The lowest BCUT2D eigenvalue weighted by atomic mass is 9.82. The van der Waals surface area contributed by atoms with Gasteiger partial charge < -0.3 is 29.0 Å². The number of amides is 2. The van der Waals surface area contributed by atoms with Crippen molar-refractivity contribution in [3.05, 3.63) is 101 Å². The Morgan fingerprint density at radius 1 is 1.08 bits per heavy atom. The minimum Gasteiger partial charge on any atom is -0.497 e. The zero-order valence-corrected chi connectivity index (χ0v) is 29.7. The summed E-state index contributed by atoms with van der Waals surface area (Å²) in [7, 11) is -1.30. The van der Waals surface area contributed by atoms with Crippen LogP contribution in [0.5, 0.6) is 5.75 Å². The van der Waals surface area contributed by atoms with Crippen molar-refractivity contribution in [1.82, 2.24) is 15.0 Å². The second-order valence-electron chi connectivity index (χ2n) is 13.9. The van der Waals surface area contributed by atoms with Gasteiger partial charge in [-0.1, -0.05) is 54.6 Å². The number of benzene rings is 3. The van der Waals surface area contributed by atoms with Crippen LogP contribution >= 0.6 is 0 Å². The van der Waals surface area contributed by atoms with Crippen molar-refractivity contribution >= 4 is 31.7 Å². The lowest BCUT2D eigenvalue weighted by Gasteiger charge is -2.32. The molecule has 262 valence electrons. The van der Waals surface area contributed by atoms with Gasteiger partial charge in [-0.05, 0) is 61.0 Å². The second-order valence-corrected chi connectivity index (χ2v) is 17.9. The molecule has 2 saturated heterocycles. The number of aliphatic hydroxyl groups is 1. The highest BCUT2D eigenvalue weighted by molar-refractivity contribution is 6.71. The fraction of sp³-hybridized carbons (Fsp3) is 0.405. The zero-order chi connectivity index (χ0) is 35.2. The highest BCUT2D eigenvalue weighted by Gasteiger charge is 2.66. The molecule has 3 aliphatic rings. The van der Waals surface area contributed by atoms with E-state index in [0.717, 1.165) is 22.4 Å². The van der Waals surface area contributed by atoms with Crippen LogP contribution in [0.25, 0.3) is 0 Å². The number of cyclic esters (lactones) is 1. The van der Waals surface area contributed by atoms with Crippen LogP contribution in [0.3, 0.4) is 0 Å². The van der Waals surface area contributed by atoms with Gasteiger partial charge in [-0.25, -0.2) is 4.79 Å². The molecule has 0 saturated carbocycles. The van der Waals surface area contributed by atoms with Crippen molar-refractivity contribution in [2.24, 2.45) is 5.92 Å². The Hall–Kier alpha value is -4.56. The first kappa shape index (κ1) is 33.9. The van der Waals surface area contributed by atoms with Crippen molar-refractivity contribution in [2.45, 2.75) is 62.7 Å². The average molecular weight is 698 g/mol. The van der Waals surface area contributed by atoms with Crippen molar-refractivity contribution in [1.29, 1.82) is 0 Å². The van der Waals surface area contributed by atoms with Crippen LogP contribution in [-0.4, -0.2) is 78.2 Å². The van der Waals surface area contributed by atoms with E-state index < -0.39 is 20.0 Å². The van der Waals surface area contributed by atoms with Gasteiger partial charge in [0.1, 0.15) is 12.4 Å². The molecule has 7 rings (SSSR count). The molecule has 1 spiro atoms. The molecule has 2 fully saturated rings. The number of aromatic nitrogens is 3. The maximum atomic E-state index is 14.9. The van der Waals surface area contributed by atoms with Gasteiger partial charge in [-0.15, -0.1) is 5.10 Å². The molecule has 1 unspecified atom stereocenters. The first-order chi connectivity index (χ1) is 24.0. The number of nitrogens with zero attached hydrogens (tertiary/aromatic N) is 5. The molecule has 0 bridgehead atoms. The summed E-state index contributed by atoms with van der Waals surface area (Å²) in [4.78, 5) is 42.2. The van der Waals surface area contributed by atoms with Gasteiger partial charge in [0.2, 0.25) is 0 Å². The summed E-state index contributed by atoms with van der Waals surface area (Å²) in [5.41, 5.74) is 3.01. The predicted octanol–water partition coefficient (Wildman–Crippen LogP) is 4.80. The molecule has 5 atom stereocenters. The molecule has 1 aromatic heterocycles. The van der Waals surface area contributed by atoms with Crippen molar-refractivity contribution < 1.29 is 33.7 Å². The van der Waals surface area contributed by atoms with E-state index in [1.54, 1.807) is 21.6 Å². The number of aryl methyl sites for hydroxylation is 1. The van der Waals surface area contributed by atoms with E-state index in [2.05, 4.69) is 10.3 Å². The Balaban J connectivity index is 1.18. The summed E-state index contributed by atoms with van der Waals surface area (Å²) in [6.07, 6.45) is 1.51. The molecular formula is C37H43N5O7Si. The molecule has 0 aliphatic carbocycles. The summed E-state index contributed by atoms with van der Waals surface area (Å²) in [6.45, 7) is 7.23. The van der Waals surface area contributed by atoms with Crippen LogP contribution in [0.2, 0.25) is 18.6 Å². The van der Waals surface area contributed by atoms with Gasteiger partial charge in [-0.3, -0.25) is 14.4 Å². The number of carbonyl (C=O) groups excluding carboxylic acids is 2. The Morgan fingerprint density at radius 2 is 1.88 bits per heavy atom. The Kier molecular flexibility index (Phi) is 9.01. The molecule has 3 aromatic carbocycles. The van der Waals surface area contributed by atoms with Gasteiger partial charge >= 0.3 is 6.09 Å².